The first-order chi connectivity index (χ1) is 16.0. The highest BCUT2D eigenvalue weighted by molar-refractivity contribution is 5.89. The Labute approximate surface area is 192 Å². The zero-order chi connectivity index (χ0) is 22.9. The van der Waals surface area contributed by atoms with Gasteiger partial charge >= 0.3 is 6.09 Å². The Bertz CT molecular complexity index is 1340. The number of anilines is 1. The van der Waals surface area contributed by atoms with Crippen molar-refractivity contribution >= 4 is 22.8 Å². The van der Waals surface area contributed by atoms with Crippen molar-refractivity contribution in [1.82, 2.24) is 19.3 Å². The predicted molar refractivity (Wildman–Crippen MR) is 126 cm³/mol. The molecule has 2 aromatic carbocycles. The number of benzene rings is 2. The van der Waals surface area contributed by atoms with E-state index in [1.165, 1.54) is 12.8 Å². The number of ether oxygens (including phenoxy) is 2. The van der Waals surface area contributed by atoms with E-state index in [4.69, 9.17) is 14.5 Å². The zero-order valence-corrected chi connectivity index (χ0v) is 19.1. The van der Waals surface area contributed by atoms with E-state index in [9.17, 15) is 4.79 Å². The molecule has 33 heavy (non-hydrogen) atoms. The monoisotopic (exact) mass is 445 g/mol. The van der Waals surface area contributed by atoms with Crippen LogP contribution in [-0.2, 0) is 31.4 Å². The number of aromatic nitrogens is 4. The van der Waals surface area contributed by atoms with Crippen molar-refractivity contribution in [3.63, 3.8) is 0 Å². The number of carbonyl (C=O) groups excluding carboxylic acids is 1. The summed E-state index contributed by atoms with van der Waals surface area (Å²) in [7, 11) is 3.47. The topological polar surface area (TPSA) is 83.2 Å². The molecular weight excluding hydrogens is 418 g/mol. The Balaban J connectivity index is 1.26. The molecular formula is C25H27N5O3. The van der Waals surface area contributed by atoms with Crippen LogP contribution < -0.4 is 10.1 Å². The number of imidazole rings is 1. The fourth-order valence-electron chi connectivity index (χ4n) is 4.33. The molecule has 1 aliphatic rings. The molecule has 0 saturated heterocycles. The highest BCUT2D eigenvalue weighted by atomic mass is 16.5. The van der Waals surface area contributed by atoms with Gasteiger partial charge in [-0.05, 0) is 61.7 Å². The molecule has 170 valence electrons. The van der Waals surface area contributed by atoms with Crippen molar-refractivity contribution in [1.29, 1.82) is 0 Å². The Morgan fingerprint density at radius 1 is 1.15 bits per heavy atom. The van der Waals surface area contributed by atoms with Gasteiger partial charge in [-0.1, -0.05) is 6.07 Å². The van der Waals surface area contributed by atoms with Crippen LogP contribution in [-0.4, -0.2) is 32.5 Å². The molecule has 0 bridgehead atoms. The lowest BCUT2D eigenvalue weighted by molar-refractivity contribution is 0.152. The van der Waals surface area contributed by atoms with Crippen LogP contribution in [0.4, 0.5) is 10.5 Å². The van der Waals surface area contributed by atoms with E-state index in [0.29, 0.717) is 5.69 Å². The van der Waals surface area contributed by atoms with Crippen LogP contribution >= 0.6 is 0 Å². The largest absolute Gasteiger partial charge is 0.496 e. The van der Waals surface area contributed by atoms with Gasteiger partial charge in [0, 0.05) is 31.3 Å². The van der Waals surface area contributed by atoms with Crippen LogP contribution in [0.1, 0.15) is 29.9 Å². The molecule has 0 spiro atoms. The highest BCUT2D eigenvalue weighted by Gasteiger charge is 2.16. The normalized spacial score (nSPS) is 13.1. The molecule has 4 aromatic rings. The molecule has 8 heteroatoms. The summed E-state index contributed by atoms with van der Waals surface area (Å²) in [5, 5.41) is 7.37. The minimum absolute atomic E-state index is 0.102. The number of methoxy groups -OCH3 is 1. The van der Waals surface area contributed by atoms with Gasteiger partial charge in [-0.15, -0.1) is 0 Å². The van der Waals surface area contributed by atoms with E-state index in [0.717, 1.165) is 58.1 Å². The second kappa shape index (κ2) is 8.61. The molecule has 8 nitrogen and oxygen atoms in total. The van der Waals surface area contributed by atoms with E-state index >= 15 is 0 Å². The summed E-state index contributed by atoms with van der Waals surface area (Å²) >= 11 is 0. The maximum Gasteiger partial charge on any atom is 0.412 e. The lowest BCUT2D eigenvalue weighted by Crippen LogP contribution is -2.14. The van der Waals surface area contributed by atoms with Crippen molar-refractivity contribution in [2.75, 3.05) is 12.4 Å². The minimum atomic E-state index is -0.519. The number of rotatable bonds is 5. The third-order valence-corrected chi connectivity index (χ3v) is 6.07. The molecule has 0 unspecified atom stereocenters. The fraction of sp³-hybridized carbons (Fsp3) is 0.320. The summed E-state index contributed by atoms with van der Waals surface area (Å²) in [6.07, 6.45) is 2.83. The first-order valence-electron chi connectivity index (χ1n) is 11.1. The Kier molecular flexibility index (Phi) is 5.50. The van der Waals surface area contributed by atoms with E-state index < -0.39 is 6.09 Å². The second-order valence-corrected chi connectivity index (χ2v) is 8.39. The quantitative estimate of drug-likeness (QED) is 0.475. The summed E-state index contributed by atoms with van der Waals surface area (Å²) < 4.78 is 14.9. The number of amides is 1. The smallest absolute Gasteiger partial charge is 0.412 e. The number of aryl methyl sites for hydroxylation is 4. The molecule has 0 fully saturated rings. The molecule has 2 aromatic heterocycles. The summed E-state index contributed by atoms with van der Waals surface area (Å²) in [5.74, 6) is 1.88. The van der Waals surface area contributed by atoms with E-state index in [1.54, 1.807) is 11.8 Å². The van der Waals surface area contributed by atoms with Crippen LogP contribution in [0.5, 0.6) is 5.75 Å². The van der Waals surface area contributed by atoms with Gasteiger partial charge in [-0.2, -0.15) is 5.10 Å². The molecule has 3 heterocycles. The number of carbonyl (C=O) groups is 1. The van der Waals surface area contributed by atoms with Crippen molar-refractivity contribution in [2.45, 2.75) is 39.3 Å². The zero-order valence-electron chi connectivity index (χ0n) is 19.1. The van der Waals surface area contributed by atoms with Crippen LogP contribution in [0.3, 0.4) is 0 Å². The molecule has 1 aliphatic heterocycles. The van der Waals surface area contributed by atoms with Gasteiger partial charge in [0.05, 0.1) is 29.5 Å². The Hall–Kier alpha value is -3.81. The summed E-state index contributed by atoms with van der Waals surface area (Å²) in [6, 6.07) is 13.7. The lowest BCUT2D eigenvalue weighted by Gasteiger charge is -2.13. The summed E-state index contributed by atoms with van der Waals surface area (Å²) in [5.41, 5.74) is 6.22. The van der Waals surface area contributed by atoms with Gasteiger partial charge in [0.25, 0.3) is 0 Å². The molecule has 0 atom stereocenters. The van der Waals surface area contributed by atoms with Crippen LogP contribution in [0.15, 0.2) is 42.5 Å². The van der Waals surface area contributed by atoms with Crippen LogP contribution in [0, 0.1) is 6.92 Å². The number of hydrogen-bond donors (Lipinski definition) is 1. The highest BCUT2D eigenvalue weighted by Crippen LogP contribution is 2.30. The molecule has 1 amide bonds. The standard InChI is InChI=1S/C25H27N5O3/c1-16-7-9-19(23(12-16)32-3)20-14-18(29(2)28-20)15-33-25(31)26-17-8-10-22-21(13-17)27-24-6-4-5-11-30(22)24/h7-10,12-14H,4-6,11,15H2,1-3H3,(H,26,31). The summed E-state index contributed by atoms with van der Waals surface area (Å²) in [4.78, 5) is 17.2. The second-order valence-electron chi connectivity index (χ2n) is 8.39. The maximum absolute atomic E-state index is 12.4. The van der Waals surface area contributed by atoms with Crippen molar-refractivity contribution in [3.05, 3.63) is 59.5 Å². The molecule has 0 saturated carbocycles. The third kappa shape index (κ3) is 4.16. The van der Waals surface area contributed by atoms with E-state index in [2.05, 4.69) is 15.0 Å². The Morgan fingerprint density at radius 3 is 2.88 bits per heavy atom. The maximum atomic E-state index is 12.4. The van der Waals surface area contributed by atoms with Gasteiger partial charge in [0.1, 0.15) is 18.2 Å². The van der Waals surface area contributed by atoms with Crippen LogP contribution in [0.25, 0.3) is 22.3 Å². The third-order valence-electron chi connectivity index (χ3n) is 6.07. The van der Waals surface area contributed by atoms with Crippen molar-refractivity contribution in [2.24, 2.45) is 7.05 Å². The van der Waals surface area contributed by atoms with Crippen LogP contribution in [0.2, 0.25) is 0 Å². The first-order valence-corrected chi connectivity index (χ1v) is 11.1. The average molecular weight is 446 g/mol. The van der Waals surface area contributed by atoms with E-state index in [1.807, 2.05) is 56.4 Å². The predicted octanol–water partition coefficient (Wildman–Crippen LogP) is 4.84. The van der Waals surface area contributed by atoms with Gasteiger partial charge < -0.3 is 14.0 Å². The lowest BCUT2D eigenvalue weighted by atomic mass is 10.1. The van der Waals surface area contributed by atoms with Crippen molar-refractivity contribution in [3.8, 4) is 17.0 Å². The SMILES string of the molecule is COc1cc(C)ccc1-c1cc(COC(=O)Nc2ccc3c(c2)nc2n3CCCC2)n(C)n1. The number of nitrogens with one attached hydrogen (secondary N) is 1. The Morgan fingerprint density at radius 2 is 2.03 bits per heavy atom. The van der Waals surface area contributed by atoms with Gasteiger partial charge in [0.15, 0.2) is 0 Å². The average Bonchev–Trinajstić information content (AvgIpc) is 3.37. The summed E-state index contributed by atoms with van der Waals surface area (Å²) in [6.45, 7) is 3.12. The number of hydrogen-bond acceptors (Lipinski definition) is 5. The molecule has 0 aliphatic carbocycles. The first kappa shape index (κ1) is 21.1. The van der Waals surface area contributed by atoms with Gasteiger partial charge in [-0.25, -0.2) is 9.78 Å². The molecule has 1 N–H and O–H groups in total. The number of fused-ring (bicyclic) bond motifs is 3. The number of nitrogens with zero attached hydrogens (tertiary/aromatic N) is 4. The molecule has 5 rings (SSSR count). The van der Waals surface area contributed by atoms with Gasteiger partial charge in [0.2, 0.25) is 0 Å². The minimum Gasteiger partial charge on any atom is -0.496 e. The fourth-order valence-corrected chi connectivity index (χ4v) is 4.33. The van der Waals surface area contributed by atoms with Crippen molar-refractivity contribution < 1.29 is 14.3 Å². The van der Waals surface area contributed by atoms with Gasteiger partial charge in [-0.3, -0.25) is 10.00 Å². The van der Waals surface area contributed by atoms with E-state index in [-0.39, 0.29) is 6.61 Å². The molecule has 0 radical (unpaired) electrons.